The zero-order valence-electron chi connectivity index (χ0n) is 24.3. The summed E-state index contributed by atoms with van der Waals surface area (Å²) in [4.78, 5) is 0. The van der Waals surface area contributed by atoms with Gasteiger partial charge in [-0.05, 0) is 43.8 Å². The van der Waals surface area contributed by atoms with Gasteiger partial charge in [0.05, 0.1) is 18.5 Å². The summed E-state index contributed by atoms with van der Waals surface area (Å²) in [6, 6.07) is 11.4. The molecule has 0 unspecified atom stereocenters. The van der Waals surface area contributed by atoms with Gasteiger partial charge in [0.2, 0.25) is 0 Å². The first-order valence-corrected chi connectivity index (χ1v) is 19.1. The first-order chi connectivity index (χ1) is 15.6. The Morgan fingerprint density at radius 3 is 1.62 bits per heavy atom. The van der Waals surface area contributed by atoms with E-state index in [0.29, 0.717) is 0 Å². The maximum Gasteiger partial charge on any atom is 1.00 e. The first kappa shape index (κ1) is 36.5. The van der Waals surface area contributed by atoms with Crippen LogP contribution in [-0.4, -0.2) is 26.8 Å². The van der Waals surface area contributed by atoms with Crippen LogP contribution in [0.15, 0.2) is 24.3 Å². The van der Waals surface area contributed by atoms with E-state index >= 15 is 0 Å². The molecule has 0 bridgehead atoms. The van der Waals surface area contributed by atoms with Crippen molar-refractivity contribution in [1.82, 2.24) is 0 Å². The standard InChI is InChI=1S/C18H31OSi.C12H27P.Cu/c1-7-8-10-15-17(16-13-11-9-12-14-16)19-20(5,6)18(2,3)4;1-4-7-10-13(11-8-5-2)12-9-6-3;/h11-14,17H,7-8,10,15H2,1-6H3;4-12H2,1-3H3;/q-1;;+1/p+1/t17-;;/m0../s1. The first-order valence-electron chi connectivity index (χ1n) is 14.1. The van der Waals surface area contributed by atoms with Crippen molar-refractivity contribution in [3.8, 4) is 0 Å². The summed E-state index contributed by atoms with van der Waals surface area (Å²) < 4.78 is 6.66. The molecule has 0 fully saturated rings. The fourth-order valence-electron chi connectivity index (χ4n) is 3.68. The van der Waals surface area contributed by atoms with Crippen LogP contribution >= 0.6 is 7.92 Å². The van der Waals surface area contributed by atoms with Gasteiger partial charge >= 0.3 is 17.1 Å². The summed E-state index contributed by atoms with van der Waals surface area (Å²) in [5.41, 5.74) is 1.31. The third-order valence-electron chi connectivity index (χ3n) is 7.08. The van der Waals surface area contributed by atoms with Crippen molar-refractivity contribution >= 4 is 16.2 Å². The average molecular weight is 558 g/mol. The Kier molecular flexibility index (Phi) is 23.0. The van der Waals surface area contributed by atoms with Gasteiger partial charge in [-0.2, -0.15) is 30.3 Å². The molecule has 0 aromatic heterocycles. The summed E-state index contributed by atoms with van der Waals surface area (Å²) in [5.74, 6) is 0. The van der Waals surface area contributed by atoms with Crippen LogP contribution in [-0.2, 0) is 21.5 Å². The molecule has 1 aromatic carbocycles. The van der Waals surface area contributed by atoms with Crippen LogP contribution in [0.5, 0.6) is 0 Å². The molecule has 1 atom stereocenters. The van der Waals surface area contributed by atoms with E-state index in [1.54, 1.807) is 18.5 Å². The Labute approximate surface area is 228 Å². The molecule has 4 heteroatoms. The molecule has 204 valence electrons. The zero-order chi connectivity index (χ0) is 25.2. The van der Waals surface area contributed by atoms with Crippen LogP contribution in [0.1, 0.15) is 124 Å². The molecule has 0 aliphatic carbocycles. The molecule has 0 amide bonds. The second-order valence-corrected chi connectivity index (χ2v) is 19.0. The van der Waals surface area contributed by atoms with E-state index in [9.17, 15) is 0 Å². The van der Waals surface area contributed by atoms with Crippen molar-refractivity contribution in [1.29, 1.82) is 0 Å². The molecule has 1 nitrogen and oxygen atoms in total. The Hall–Kier alpha value is 0.346. The zero-order valence-corrected chi connectivity index (χ0v) is 27.2. The van der Waals surface area contributed by atoms with Crippen LogP contribution in [0.4, 0.5) is 0 Å². The SMILES string of the molecule is CCCCC[C@H](O[Si](C)(C)C(C)(C)C)c1cc[c-]cc1.CCCC[PH+](CCCC)CCCC.[Cu+]. The van der Waals surface area contributed by atoms with Gasteiger partial charge in [0.1, 0.15) is 0 Å². The molecule has 1 aromatic rings. The number of hydrogen-bond acceptors (Lipinski definition) is 1. The summed E-state index contributed by atoms with van der Waals surface area (Å²) in [6.07, 6.45) is 18.6. The smallest absolute Gasteiger partial charge is 0.412 e. The largest absolute Gasteiger partial charge is 1.00 e. The van der Waals surface area contributed by atoms with Gasteiger partial charge in [-0.15, -0.1) is 5.56 Å². The van der Waals surface area contributed by atoms with Gasteiger partial charge in [0, 0.05) is 14.0 Å². The van der Waals surface area contributed by atoms with Crippen LogP contribution in [0.2, 0.25) is 18.1 Å². The predicted molar refractivity (Wildman–Crippen MR) is 158 cm³/mol. The normalized spacial score (nSPS) is 12.6. The third-order valence-corrected chi connectivity index (χ3v) is 14.7. The van der Waals surface area contributed by atoms with E-state index in [1.807, 2.05) is 12.1 Å². The van der Waals surface area contributed by atoms with Gasteiger partial charge in [0.25, 0.3) is 0 Å². The van der Waals surface area contributed by atoms with Gasteiger partial charge in [-0.3, -0.25) is 0 Å². The molecule has 1 rings (SSSR count). The second-order valence-electron chi connectivity index (χ2n) is 11.3. The van der Waals surface area contributed by atoms with Crippen molar-refractivity contribution in [3.63, 3.8) is 0 Å². The van der Waals surface area contributed by atoms with E-state index in [0.717, 1.165) is 6.42 Å². The molecule has 0 aliphatic heterocycles. The van der Waals surface area contributed by atoms with Crippen LogP contribution in [0.3, 0.4) is 0 Å². The maximum absolute atomic E-state index is 6.66. The number of rotatable bonds is 16. The van der Waals surface area contributed by atoms with Crippen molar-refractivity contribution in [2.24, 2.45) is 0 Å². The molecule has 0 radical (unpaired) electrons. The van der Waals surface area contributed by atoms with Gasteiger partial charge in [-0.1, -0.05) is 87.0 Å². The predicted octanol–water partition coefficient (Wildman–Crippen LogP) is 10.7. The fourth-order valence-corrected chi connectivity index (χ4v) is 8.30. The second kappa shape index (κ2) is 21.4. The van der Waals surface area contributed by atoms with Gasteiger partial charge < -0.3 is 4.43 Å². The van der Waals surface area contributed by atoms with Gasteiger partial charge in [-0.25, -0.2) is 0 Å². The molecule has 0 spiro atoms. The number of hydrogen-bond donors (Lipinski definition) is 0. The van der Waals surface area contributed by atoms with Crippen LogP contribution in [0.25, 0.3) is 0 Å². The van der Waals surface area contributed by atoms with Crippen molar-refractivity contribution in [3.05, 3.63) is 35.9 Å². The van der Waals surface area contributed by atoms with E-state index in [1.165, 1.54) is 63.4 Å². The quantitative estimate of drug-likeness (QED) is 0.0849. The van der Waals surface area contributed by atoms with E-state index in [2.05, 4.69) is 79.8 Å². The Morgan fingerprint density at radius 1 is 0.794 bits per heavy atom. The number of benzene rings is 1. The van der Waals surface area contributed by atoms with E-state index in [4.69, 9.17) is 4.43 Å². The summed E-state index contributed by atoms with van der Waals surface area (Å²) in [7, 11) is -1.65. The maximum atomic E-state index is 6.66. The van der Waals surface area contributed by atoms with E-state index in [-0.39, 0.29) is 36.1 Å². The summed E-state index contributed by atoms with van der Waals surface area (Å²) in [5, 5.41) is 0.261. The van der Waals surface area contributed by atoms with Gasteiger partial charge in [0.15, 0.2) is 8.32 Å². The molecular weight excluding hydrogens is 499 g/mol. The fraction of sp³-hybridized carbons (Fsp3) is 0.800. The van der Waals surface area contributed by atoms with Crippen molar-refractivity contribution in [2.75, 3.05) is 18.5 Å². The molecule has 0 N–H and O–H groups in total. The van der Waals surface area contributed by atoms with Crippen LogP contribution in [0, 0.1) is 6.07 Å². The summed E-state index contributed by atoms with van der Waals surface area (Å²) >= 11 is 0. The Bertz CT molecular complexity index is 540. The number of unbranched alkanes of at least 4 members (excludes halogenated alkanes) is 5. The van der Waals surface area contributed by atoms with Crippen molar-refractivity contribution < 1.29 is 21.5 Å². The Morgan fingerprint density at radius 2 is 1.24 bits per heavy atom. The average Bonchev–Trinajstić information content (AvgIpc) is 2.78. The minimum absolute atomic E-state index is 0. The molecule has 34 heavy (non-hydrogen) atoms. The molecule has 0 saturated carbocycles. The molecule has 0 aliphatic rings. The van der Waals surface area contributed by atoms with E-state index < -0.39 is 8.32 Å². The third kappa shape index (κ3) is 16.9. The minimum Gasteiger partial charge on any atom is -0.412 e. The minimum atomic E-state index is -1.72. The monoisotopic (exact) mass is 557 g/mol. The topological polar surface area (TPSA) is 9.23 Å². The summed E-state index contributed by atoms with van der Waals surface area (Å²) in [6.45, 7) is 20.8. The molecule has 0 heterocycles. The molecule has 0 saturated heterocycles. The molecular formula is C30H59CuOPSi+. The Balaban J connectivity index is 0. The van der Waals surface area contributed by atoms with Crippen LogP contribution < -0.4 is 0 Å². The van der Waals surface area contributed by atoms with Crippen molar-refractivity contribution in [2.45, 2.75) is 137 Å².